The summed E-state index contributed by atoms with van der Waals surface area (Å²) in [5.74, 6) is 0.252. The Hall–Kier alpha value is -1.84. The summed E-state index contributed by atoms with van der Waals surface area (Å²) in [4.78, 5) is 22.5. The van der Waals surface area contributed by atoms with Crippen LogP contribution in [-0.2, 0) is 16.0 Å². The Labute approximate surface area is 106 Å². The van der Waals surface area contributed by atoms with Crippen LogP contribution in [0.1, 0.15) is 25.8 Å². The van der Waals surface area contributed by atoms with Gasteiger partial charge < -0.3 is 4.74 Å². The molecule has 1 heterocycles. The Bertz CT molecular complexity index is 451. The first-order valence-corrected chi connectivity index (χ1v) is 6.14. The van der Waals surface area contributed by atoms with Gasteiger partial charge in [-0.25, -0.2) is 0 Å². The van der Waals surface area contributed by atoms with E-state index in [0.717, 1.165) is 11.3 Å². The predicted octanol–water partition coefficient (Wildman–Crippen LogP) is 1.68. The van der Waals surface area contributed by atoms with Gasteiger partial charge in [-0.15, -0.1) is 0 Å². The average molecular weight is 247 g/mol. The number of nitrogens with one attached hydrogen (secondary N) is 1. The van der Waals surface area contributed by atoms with Crippen LogP contribution in [0, 0.1) is 5.92 Å². The fourth-order valence-corrected chi connectivity index (χ4v) is 2.03. The second-order valence-corrected chi connectivity index (χ2v) is 4.83. The van der Waals surface area contributed by atoms with Crippen LogP contribution in [0.15, 0.2) is 24.3 Å². The van der Waals surface area contributed by atoms with Crippen molar-refractivity contribution in [3.05, 3.63) is 29.8 Å². The highest BCUT2D eigenvalue weighted by molar-refractivity contribution is 6.03. The van der Waals surface area contributed by atoms with Crippen LogP contribution in [0.25, 0.3) is 0 Å². The molecule has 1 N–H and O–H groups in total. The van der Waals surface area contributed by atoms with E-state index in [9.17, 15) is 9.59 Å². The Balaban J connectivity index is 1.98. The molecule has 0 aromatic heterocycles. The molecule has 0 spiro atoms. The third-order valence-corrected chi connectivity index (χ3v) is 2.84. The van der Waals surface area contributed by atoms with Crippen LogP contribution >= 0.6 is 0 Å². The number of rotatable bonds is 4. The van der Waals surface area contributed by atoms with Crippen molar-refractivity contribution in [1.82, 2.24) is 5.32 Å². The van der Waals surface area contributed by atoms with E-state index < -0.39 is 0 Å². The maximum absolute atomic E-state index is 11.4. The summed E-state index contributed by atoms with van der Waals surface area (Å²) in [6.45, 7) is 3.95. The number of hydrogen-bond donors (Lipinski definition) is 1. The van der Waals surface area contributed by atoms with Gasteiger partial charge in [-0.2, -0.15) is 0 Å². The van der Waals surface area contributed by atoms with Gasteiger partial charge in [0.05, 0.1) is 12.0 Å². The number of imide groups is 1. The molecular weight excluding hydrogens is 230 g/mol. The molecule has 0 bridgehead atoms. The fraction of sp³-hybridized carbons (Fsp3) is 0.429. The molecule has 0 aliphatic carbocycles. The Morgan fingerprint density at radius 1 is 1.28 bits per heavy atom. The van der Waals surface area contributed by atoms with Crippen LogP contribution in [0.5, 0.6) is 5.75 Å². The standard InChI is InChI=1S/C14H17NO3/c1-9(2)18-12-5-3-10(4-6-12)7-11-8-13(16)15-14(11)17/h3-6,9,11H,7-8H2,1-2H3,(H,15,16,17)/t11-/m1/s1. The van der Waals surface area contributed by atoms with Crippen LogP contribution in [0.3, 0.4) is 0 Å². The monoisotopic (exact) mass is 247 g/mol. The van der Waals surface area contributed by atoms with E-state index >= 15 is 0 Å². The molecule has 1 aliphatic rings. The van der Waals surface area contributed by atoms with Crippen molar-refractivity contribution in [3.63, 3.8) is 0 Å². The van der Waals surface area contributed by atoms with Gasteiger partial charge in [0.15, 0.2) is 0 Å². The molecular formula is C14H17NO3. The molecule has 0 saturated carbocycles. The van der Waals surface area contributed by atoms with Crippen LogP contribution in [-0.4, -0.2) is 17.9 Å². The Kier molecular flexibility index (Phi) is 3.65. The fourth-order valence-electron chi connectivity index (χ4n) is 2.03. The van der Waals surface area contributed by atoms with Crippen molar-refractivity contribution >= 4 is 11.8 Å². The summed E-state index contributed by atoms with van der Waals surface area (Å²) < 4.78 is 5.54. The van der Waals surface area contributed by atoms with Crippen molar-refractivity contribution in [2.45, 2.75) is 32.8 Å². The molecule has 18 heavy (non-hydrogen) atoms. The largest absolute Gasteiger partial charge is 0.491 e. The molecule has 1 atom stereocenters. The number of carbonyl (C=O) groups excluding carboxylic acids is 2. The summed E-state index contributed by atoms with van der Waals surface area (Å²) in [5.41, 5.74) is 1.04. The summed E-state index contributed by atoms with van der Waals surface area (Å²) in [7, 11) is 0. The lowest BCUT2D eigenvalue weighted by atomic mass is 9.98. The summed E-state index contributed by atoms with van der Waals surface area (Å²) in [6, 6.07) is 7.66. The van der Waals surface area contributed by atoms with Gasteiger partial charge in [-0.1, -0.05) is 12.1 Å². The quantitative estimate of drug-likeness (QED) is 0.823. The molecule has 1 aliphatic heterocycles. The average Bonchev–Trinajstić information content (AvgIpc) is 2.59. The topological polar surface area (TPSA) is 55.4 Å². The molecule has 4 nitrogen and oxygen atoms in total. The first kappa shape index (κ1) is 12.6. The normalized spacial score (nSPS) is 19.2. The lowest BCUT2D eigenvalue weighted by Gasteiger charge is -2.11. The predicted molar refractivity (Wildman–Crippen MR) is 67.2 cm³/mol. The van der Waals surface area contributed by atoms with E-state index in [1.54, 1.807) is 0 Å². The highest BCUT2D eigenvalue weighted by atomic mass is 16.5. The molecule has 2 amide bonds. The first-order valence-electron chi connectivity index (χ1n) is 6.14. The molecule has 1 aromatic carbocycles. The Morgan fingerprint density at radius 3 is 2.44 bits per heavy atom. The zero-order valence-electron chi connectivity index (χ0n) is 10.6. The molecule has 0 unspecified atom stereocenters. The van der Waals surface area contributed by atoms with Crippen molar-refractivity contribution in [1.29, 1.82) is 0 Å². The summed E-state index contributed by atoms with van der Waals surface area (Å²) in [5, 5.41) is 2.32. The minimum Gasteiger partial charge on any atom is -0.491 e. The van der Waals surface area contributed by atoms with E-state index in [0.29, 0.717) is 12.8 Å². The highest BCUT2D eigenvalue weighted by Gasteiger charge is 2.30. The smallest absolute Gasteiger partial charge is 0.230 e. The molecule has 4 heteroatoms. The SMILES string of the molecule is CC(C)Oc1ccc(C[C@@H]2CC(=O)NC2=O)cc1. The van der Waals surface area contributed by atoms with E-state index in [1.165, 1.54) is 0 Å². The zero-order valence-corrected chi connectivity index (χ0v) is 10.6. The molecule has 0 radical (unpaired) electrons. The second kappa shape index (κ2) is 5.21. The van der Waals surface area contributed by atoms with Gasteiger partial charge in [0.25, 0.3) is 0 Å². The van der Waals surface area contributed by atoms with Crippen molar-refractivity contribution in [2.75, 3.05) is 0 Å². The molecule has 1 aromatic rings. The number of ether oxygens (including phenoxy) is 1. The first-order chi connectivity index (χ1) is 8.54. The zero-order chi connectivity index (χ0) is 13.1. The number of carbonyl (C=O) groups is 2. The van der Waals surface area contributed by atoms with Gasteiger partial charge in [0.1, 0.15) is 5.75 Å². The van der Waals surface area contributed by atoms with E-state index in [4.69, 9.17) is 4.74 Å². The highest BCUT2D eigenvalue weighted by Crippen LogP contribution is 2.20. The molecule has 1 saturated heterocycles. The number of hydrogen-bond acceptors (Lipinski definition) is 3. The Morgan fingerprint density at radius 2 is 1.94 bits per heavy atom. The van der Waals surface area contributed by atoms with E-state index in [2.05, 4.69) is 5.32 Å². The molecule has 2 rings (SSSR count). The van der Waals surface area contributed by atoms with Crippen LogP contribution in [0.2, 0.25) is 0 Å². The van der Waals surface area contributed by atoms with Crippen molar-refractivity contribution in [2.24, 2.45) is 5.92 Å². The van der Waals surface area contributed by atoms with Crippen LogP contribution < -0.4 is 10.1 Å². The third kappa shape index (κ3) is 3.09. The van der Waals surface area contributed by atoms with Gasteiger partial charge in [-0.05, 0) is 38.0 Å². The van der Waals surface area contributed by atoms with Crippen LogP contribution in [0.4, 0.5) is 0 Å². The van der Waals surface area contributed by atoms with Crippen molar-refractivity contribution in [3.8, 4) is 5.75 Å². The van der Waals surface area contributed by atoms with Gasteiger partial charge in [0.2, 0.25) is 11.8 Å². The number of amides is 2. The molecule has 96 valence electrons. The maximum atomic E-state index is 11.4. The van der Waals surface area contributed by atoms with E-state index in [1.807, 2.05) is 38.1 Å². The summed E-state index contributed by atoms with van der Waals surface area (Å²) in [6.07, 6.45) is 1.04. The minimum atomic E-state index is -0.227. The number of benzene rings is 1. The van der Waals surface area contributed by atoms with Gasteiger partial charge in [0, 0.05) is 6.42 Å². The molecule has 1 fully saturated rings. The lowest BCUT2D eigenvalue weighted by Crippen LogP contribution is -2.22. The minimum absolute atomic E-state index is 0.147. The third-order valence-electron chi connectivity index (χ3n) is 2.84. The van der Waals surface area contributed by atoms with Gasteiger partial charge >= 0.3 is 0 Å². The van der Waals surface area contributed by atoms with Gasteiger partial charge in [-0.3, -0.25) is 14.9 Å². The van der Waals surface area contributed by atoms with Crippen molar-refractivity contribution < 1.29 is 14.3 Å². The second-order valence-electron chi connectivity index (χ2n) is 4.83. The maximum Gasteiger partial charge on any atom is 0.230 e. The van der Waals surface area contributed by atoms with E-state index in [-0.39, 0.29) is 23.8 Å². The lowest BCUT2D eigenvalue weighted by molar-refractivity contribution is -0.125. The summed E-state index contributed by atoms with van der Waals surface area (Å²) >= 11 is 0.